The number of amides is 1. The van der Waals surface area contributed by atoms with Gasteiger partial charge in [0.2, 0.25) is 5.91 Å². The van der Waals surface area contributed by atoms with Gasteiger partial charge < -0.3 is 15.4 Å². The molecule has 27 heavy (non-hydrogen) atoms. The van der Waals surface area contributed by atoms with E-state index < -0.39 is 5.97 Å². The van der Waals surface area contributed by atoms with Gasteiger partial charge in [0.1, 0.15) is 0 Å². The number of para-hydroxylation sites is 1. The standard InChI is InChI=1S/C22H20N2O3/c1-27-22(26)17-11-13-18(14-12-17)24-21(25)15-23-20-10-6-5-9-19(20)16-7-3-2-4-8-16/h2-14,23H,15H2,1H3,(H,24,25). The van der Waals surface area contributed by atoms with Crippen molar-refractivity contribution >= 4 is 23.3 Å². The third kappa shape index (κ3) is 4.73. The van der Waals surface area contributed by atoms with Crippen LogP contribution in [0.15, 0.2) is 78.9 Å². The highest BCUT2D eigenvalue weighted by molar-refractivity contribution is 5.95. The molecule has 0 bridgehead atoms. The summed E-state index contributed by atoms with van der Waals surface area (Å²) >= 11 is 0. The predicted molar refractivity (Wildman–Crippen MR) is 107 cm³/mol. The van der Waals surface area contributed by atoms with Gasteiger partial charge in [-0.3, -0.25) is 4.79 Å². The Morgan fingerprint density at radius 3 is 2.22 bits per heavy atom. The minimum atomic E-state index is -0.410. The lowest BCUT2D eigenvalue weighted by Crippen LogP contribution is -2.22. The minimum absolute atomic E-state index is 0.128. The third-order valence-electron chi connectivity index (χ3n) is 4.04. The maximum Gasteiger partial charge on any atom is 0.337 e. The fraction of sp³-hybridized carbons (Fsp3) is 0.0909. The Morgan fingerprint density at radius 2 is 1.52 bits per heavy atom. The number of ether oxygens (including phenoxy) is 1. The maximum absolute atomic E-state index is 12.2. The average Bonchev–Trinajstić information content (AvgIpc) is 2.73. The van der Waals surface area contributed by atoms with E-state index in [1.54, 1.807) is 24.3 Å². The summed E-state index contributed by atoms with van der Waals surface area (Å²) in [7, 11) is 1.33. The summed E-state index contributed by atoms with van der Waals surface area (Å²) in [6.45, 7) is 0.128. The second kappa shape index (κ2) is 8.67. The molecule has 0 aliphatic carbocycles. The summed E-state index contributed by atoms with van der Waals surface area (Å²) in [5, 5.41) is 5.99. The quantitative estimate of drug-likeness (QED) is 0.647. The largest absolute Gasteiger partial charge is 0.465 e. The Hall–Kier alpha value is -3.60. The molecule has 0 unspecified atom stereocenters. The van der Waals surface area contributed by atoms with Gasteiger partial charge in [0, 0.05) is 16.9 Å². The van der Waals surface area contributed by atoms with Crippen LogP contribution in [0, 0.1) is 0 Å². The molecular weight excluding hydrogens is 340 g/mol. The normalized spacial score (nSPS) is 10.1. The minimum Gasteiger partial charge on any atom is -0.465 e. The van der Waals surface area contributed by atoms with Crippen molar-refractivity contribution < 1.29 is 14.3 Å². The van der Waals surface area contributed by atoms with Gasteiger partial charge in [0.05, 0.1) is 19.2 Å². The van der Waals surface area contributed by atoms with E-state index in [1.165, 1.54) is 7.11 Å². The molecule has 1 amide bonds. The number of carbonyl (C=O) groups is 2. The van der Waals surface area contributed by atoms with Gasteiger partial charge in [-0.25, -0.2) is 4.79 Å². The van der Waals surface area contributed by atoms with Crippen molar-refractivity contribution in [3.63, 3.8) is 0 Å². The molecule has 3 rings (SSSR count). The smallest absolute Gasteiger partial charge is 0.337 e. The van der Waals surface area contributed by atoms with Gasteiger partial charge in [-0.2, -0.15) is 0 Å². The summed E-state index contributed by atoms with van der Waals surface area (Å²) in [5.41, 5.74) is 4.06. The third-order valence-corrected chi connectivity index (χ3v) is 4.04. The highest BCUT2D eigenvalue weighted by Crippen LogP contribution is 2.27. The molecule has 0 heterocycles. The van der Waals surface area contributed by atoms with Gasteiger partial charge >= 0.3 is 5.97 Å². The summed E-state index contributed by atoms with van der Waals surface area (Å²) in [4.78, 5) is 23.7. The summed E-state index contributed by atoms with van der Waals surface area (Å²) < 4.78 is 4.66. The van der Waals surface area contributed by atoms with Crippen LogP contribution in [0.4, 0.5) is 11.4 Å². The Morgan fingerprint density at radius 1 is 0.852 bits per heavy atom. The van der Waals surface area contributed by atoms with E-state index in [2.05, 4.69) is 15.4 Å². The number of hydrogen-bond donors (Lipinski definition) is 2. The molecule has 136 valence electrons. The number of hydrogen-bond acceptors (Lipinski definition) is 4. The topological polar surface area (TPSA) is 67.4 Å². The van der Waals surface area contributed by atoms with E-state index in [-0.39, 0.29) is 12.5 Å². The van der Waals surface area contributed by atoms with E-state index >= 15 is 0 Å². The molecule has 0 aliphatic heterocycles. The van der Waals surface area contributed by atoms with Crippen molar-refractivity contribution in [2.24, 2.45) is 0 Å². The number of anilines is 2. The van der Waals surface area contributed by atoms with Crippen molar-refractivity contribution in [1.29, 1.82) is 0 Å². The van der Waals surface area contributed by atoms with Crippen LogP contribution in [0.3, 0.4) is 0 Å². The zero-order chi connectivity index (χ0) is 19.1. The van der Waals surface area contributed by atoms with Crippen LogP contribution in [0.2, 0.25) is 0 Å². The molecule has 0 saturated heterocycles. The fourth-order valence-corrected chi connectivity index (χ4v) is 2.69. The summed E-state index contributed by atoms with van der Waals surface area (Å²) in [6.07, 6.45) is 0. The molecule has 2 N–H and O–H groups in total. The van der Waals surface area contributed by atoms with Crippen LogP contribution in [-0.4, -0.2) is 25.5 Å². The SMILES string of the molecule is COC(=O)c1ccc(NC(=O)CNc2ccccc2-c2ccccc2)cc1. The Bertz CT molecular complexity index is 922. The Labute approximate surface area is 158 Å². The highest BCUT2D eigenvalue weighted by atomic mass is 16.5. The van der Waals surface area contributed by atoms with Crippen LogP contribution in [0.1, 0.15) is 10.4 Å². The first-order valence-corrected chi connectivity index (χ1v) is 8.54. The second-order valence-corrected chi connectivity index (χ2v) is 5.88. The fourth-order valence-electron chi connectivity index (χ4n) is 2.69. The molecule has 0 atom stereocenters. The van der Waals surface area contributed by atoms with Crippen molar-refractivity contribution in [3.8, 4) is 11.1 Å². The van der Waals surface area contributed by atoms with Crippen molar-refractivity contribution in [2.75, 3.05) is 24.3 Å². The molecule has 3 aromatic carbocycles. The first kappa shape index (κ1) is 18.2. The first-order valence-electron chi connectivity index (χ1n) is 8.54. The molecule has 0 aromatic heterocycles. The molecule has 3 aromatic rings. The van der Waals surface area contributed by atoms with Crippen LogP contribution < -0.4 is 10.6 Å². The lowest BCUT2D eigenvalue weighted by molar-refractivity contribution is -0.114. The zero-order valence-electron chi connectivity index (χ0n) is 14.9. The Kier molecular flexibility index (Phi) is 5.84. The van der Waals surface area contributed by atoms with E-state index in [0.29, 0.717) is 11.3 Å². The average molecular weight is 360 g/mol. The van der Waals surface area contributed by atoms with E-state index in [1.807, 2.05) is 54.6 Å². The van der Waals surface area contributed by atoms with Crippen molar-refractivity contribution in [3.05, 3.63) is 84.4 Å². The molecule has 0 saturated carbocycles. The molecule has 0 aliphatic rings. The van der Waals surface area contributed by atoms with E-state index in [4.69, 9.17) is 0 Å². The summed E-state index contributed by atoms with van der Waals surface area (Å²) in [5.74, 6) is -0.587. The van der Waals surface area contributed by atoms with E-state index in [9.17, 15) is 9.59 Å². The Balaban J connectivity index is 1.62. The van der Waals surface area contributed by atoms with Gasteiger partial charge in [0.25, 0.3) is 0 Å². The lowest BCUT2D eigenvalue weighted by atomic mass is 10.0. The summed E-state index contributed by atoms with van der Waals surface area (Å²) in [6, 6.07) is 24.4. The molecule has 0 spiro atoms. The zero-order valence-corrected chi connectivity index (χ0v) is 14.9. The molecule has 0 radical (unpaired) electrons. The molecule has 5 heteroatoms. The second-order valence-electron chi connectivity index (χ2n) is 5.88. The van der Waals surface area contributed by atoms with Crippen LogP contribution in [0.25, 0.3) is 11.1 Å². The lowest BCUT2D eigenvalue weighted by Gasteiger charge is -2.12. The number of methoxy groups -OCH3 is 1. The van der Waals surface area contributed by atoms with Crippen LogP contribution in [0.5, 0.6) is 0 Å². The van der Waals surface area contributed by atoms with Crippen LogP contribution >= 0.6 is 0 Å². The van der Waals surface area contributed by atoms with Gasteiger partial charge in [-0.15, -0.1) is 0 Å². The number of carbonyl (C=O) groups excluding carboxylic acids is 2. The van der Waals surface area contributed by atoms with Crippen molar-refractivity contribution in [1.82, 2.24) is 0 Å². The maximum atomic E-state index is 12.2. The number of esters is 1. The number of nitrogens with one attached hydrogen (secondary N) is 2. The predicted octanol–water partition coefficient (Wildman–Crippen LogP) is 4.19. The first-order chi connectivity index (χ1) is 13.2. The van der Waals surface area contributed by atoms with Gasteiger partial charge in [0.15, 0.2) is 0 Å². The van der Waals surface area contributed by atoms with E-state index in [0.717, 1.165) is 16.8 Å². The number of benzene rings is 3. The van der Waals surface area contributed by atoms with Gasteiger partial charge in [-0.1, -0.05) is 48.5 Å². The molecular formula is C22H20N2O3. The van der Waals surface area contributed by atoms with Crippen molar-refractivity contribution in [2.45, 2.75) is 0 Å². The highest BCUT2D eigenvalue weighted by Gasteiger charge is 2.08. The number of rotatable bonds is 6. The monoisotopic (exact) mass is 360 g/mol. The van der Waals surface area contributed by atoms with Gasteiger partial charge in [-0.05, 0) is 35.9 Å². The molecule has 5 nitrogen and oxygen atoms in total. The molecule has 0 fully saturated rings. The van der Waals surface area contributed by atoms with Crippen LogP contribution in [-0.2, 0) is 9.53 Å².